The zero-order valence-electron chi connectivity index (χ0n) is 19.7. The molecule has 3 aromatic rings. The van der Waals surface area contributed by atoms with Crippen molar-refractivity contribution in [2.45, 2.75) is 52.8 Å². The largest absolute Gasteiger partial charge is 0.491 e. The van der Waals surface area contributed by atoms with Gasteiger partial charge < -0.3 is 18.8 Å². The van der Waals surface area contributed by atoms with Gasteiger partial charge in [0.05, 0.1) is 36.6 Å². The molecule has 0 aliphatic carbocycles. The lowest BCUT2D eigenvalue weighted by atomic mass is 10.2. The molecule has 10 nitrogen and oxygen atoms in total. The molecular weight excluding hydrogens is 445 g/mol. The zero-order valence-corrected chi connectivity index (χ0v) is 19.7. The monoisotopic (exact) mass is 473 g/mol. The fourth-order valence-electron chi connectivity index (χ4n) is 3.98. The Balaban J connectivity index is 1.81. The number of hydrogen-bond acceptors (Lipinski definition) is 7. The molecular formula is C23H28FN5O5. The molecule has 0 unspecified atom stereocenters. The molecule has 34 heavy (non-hydrogen) atoms. The van der Waals surface area contributed by atoms with E-state index in [0.29, 0.717) is 55.9 Å². The second-order valence-corrected chi connectivity index (χ2v) is 8.11. The first-order chi connectivity index (χ1) is 16.3. The Morgan fingerprint density at radius 1 is 1.32 bits per heavy atom. The van der Waals surface area contributed by atoms with Gasteiger partial charge in [-0.25, -0.2) is 14.2 Å². The van der Waals surface area contributed by atoms with Crippen LogP contribution in [0.4, 0.5) is 10.3 Å². The number of esters is 1. The summed E-state index contributed by atoms with van der Waals surface area (Å²) in [6.45, 7) is 6.93. The van der Waals surface area contributed by atoms with Crippen molar-refractivity contribution in [3.8, 4) is 5.75 Å². The summed E-state index contributed by atoms with van der Waals surface area (Å²) in [5, 5.41) is 6.80. The average Bonchev–Trinajstić information content (AvgIpc) is 3.30. The van der Waals surface area contributed by atoms with E-state index in [4.69, 9.17) is 14.2 Å². The van der Waals surface area contributed by atoms with Crippen LogP contribution in [0.1, 0.15) is 53.2 Å². The molecule has 2 aromatic heterocycles. The van der Waals surface area contributed by atoms with E-state index in [1.807, 2.05) is 6.92 Å². The van der Waals surface area contributed by atoms with Gasteiger partial charge in [-0.1, -0.05) is 0 Å². The lowest BCUT2D eigenvalue weighted by Gasteiger charge is -2.13. The minimum Gasteiger partial charge on any atom is -0.491 e. The quantitative estimate of drug-likeness (QED) is 0.579. The fraction of sp³-hybridized carbons (Fsp3) is 0.478. The average molecular weight is 474 g/mol. The Labute approximate surface area is 196 Å². The van der Waals surface area contributed by atoms with E-state index < -0.39 is 17.7 Å². The van der Waals surface area contributed by atoms with Crippen LogP contribution in [0.2, 0.25) is 0 Å². The molecule has 1 aromatic carbocycles. The first-order valence-corrected chi connectivity index (χ1v) is 11.2. The van der Waals surface area contributed by atoms with Crippen LogP contribution in [0.25, 0.3) is 11.0 Å². The number of halogens is 1. The molecule has 182 valence electrons. The summed E-state index contributed by atoms with van der Waals surface area (Å²) in [5.41, 5.74) is 1.32. The van der Waals surface area contributed by atoms with Crippen LogP contribution in [-0.2, 0) is 22.6 Å². The summed E-state index contributed by atoms with van der Waals surface area (Å²) in [6, 6.07) is 3.19. The number of hydrogen-bond donors (Lipinski definition) is 1. The van der Waals surface area contributed by atoms with Crippen LogP contribution in [0, 0.1) is 12.7 Å². The van der Waals surface area contributed by atoms with Crippen LogP contribution in [0.15, 0.2) is 12.1 Å². The van der Waals surface area contributed by atoms with Crippen molar-refractivity contribution in [1.82, 2.24) is 19.3 Å². The molecule has 0 bridgehead atoms. The second-order valence-electron chi connectivity index (χ2n) is 8.11. The number of benzene rings is 1. The molecule has 0 radical (unpaired) electrons. The lowest BCUT2D eigenvalue weighted by molar-refractivity contribution is 0.0484. The van der Waals surface area contributed by atoms with Crippen LogP contribution in [-0.4, -0.2) is 57.6 Å². The number of carbonyl (C=O) groups excluding carboxylic acids is 2. The Morgan fingerprint density at radius 3 is 2.85 bits per heavy atom. The van der Waals surface area contributed by atoms with Gasteiger partial charge in [-0.15, -0.1) is 0 Å². The van der Waals surface area contributed by atoms with Gasteiger partial charge in [-0.3, -0.25) is 14.8 Å². The highest BCUT2D eigenvalue weighted by atomic mass is 19.1. The van der Waals surface area contributed by atoms with Crippen molar-refractivity contribution in [1.29, 1.82) is 0 Å². The molecule has 0 saturated carbocycles. The number of nitrogens with one attached hydrogen (secondary N) is 1. The SMILES string of the molecule is CCn1nc(C)c(F)c1C(=O)Nc1nc2cc(C(=O)OC)cc3c2n1CCCO[C@H](C)CCO3. The van der Waals surface area contributed by atoms with Crippen molar-refractivity contribution in [2.24, 2.45) is 0 Å². The number of carbonyl (C=O) groups is 2. The van der Waals surface area contributed by atoms with E-state index in [-0.39, 0.29) is 29.0 Å². The number of anilines is 1. The lowest BCUT2D eigenvalue weighted by Crippen LogP contribution is -2.21. The summed E-state index contributed by atoms with van der Waals surface area (Å²) < 4.78 is 34.5. The standard InChI is InChI=1S/C23H28FN5O5/c1-5-29-20(18(24)14(3)27-29)21(30)26-23-25-16-11-15(22(31)32-4)12-17-19(16)28(23)8-6-9-33-13(2)7-10-34-17/h11-13H,5-10H2,1-4H3,(H,25,26,30)/t13-/m1/s1. The van der Waals surface area contributed by atoms with E-state index in [2.05, 4.69) is 15.4 Å². The van der Waals surface area contributed by atoms with E-state index in [0.717, 1.165) is 0 Å². The molecule has 1 N–H and O–H groups in total. The topological polar surface area (TPSA) is 110 Å². The van der Waals surface area contributed by atoms with Crippen LogP contribution < -0.4 is 10.1 Å². The maximum Gasteiger partial charge on any atom is 0.338 e. The number of amides is 1. The van der Waals surface area contributed by atoms with Crippen molar-refractivity contribution in [2.75, 3.05) is 25.6 Å². The van der Waals surface area contributed by atoms with Crippen molar-refractivity contribution >= 4 is 28.9 Å². The third-order valence-corrected chi connectivity index (χ3v) is 5.73. The molecule has 1 aliphatic heterocycles. The minimum absolute atomic E-state index is 0.00888. The molecule has 0 spiro atoms. The Kier molecular flexibility index (Phi) is 6.82. The number of imidazole rings is 1. The highest BCUT2D eigenvalue weighted by Crippen LogP contribution is 2.32. The first-order valence-electron chi connectivity index (χ1n) is 11.2. The number of rotatable bonds is 4. The maximum absolute atomic E-state index is 14.6. The predicted molar refractivity (Wildman–Crippen MR) is 122 cm³/mol. The zero-order chi connectivity index (χ0) is 24.4. The van der Waals surface area contributed by atoms with Gasteiger partial charge in [0, 0.05) is 26.1 Å². The minimum atomic E-state index is -0.674. The van der Waals surface area contributed by atoms with Crippen LogP contribution in [0.3, 0.4) is 0 Å². The number of aromatic nitrogens is 4. The van der Waals surface area contributed by atoms with E-state index in [9.17, 15) is 14.0 Å². The molecule has 0 fully saturated rings. The maximum atomic E-state index is 14.6. The smallest absolute Gasteiger partial charge is 0.338 e. The highest BCUT2D eigenvalue weighted by Gasteiger charge is 2.25. The normalized spacial score (nSPS) is 16.6. The van der Waals surface area contributed by atoms with Gasteiger partial charge in [-0.2, -0.15) is 5.10 Å². The molecule has 3 heterocycles. The van der Waals surface area contributed by atoms with Crippen LogP contribution in [0.5, 0.6) is 5.75 Å². The van der Waals surface area contributed by atoms with Gasteiger partial charge in [0.15, 0.2) is 11.5 Å². The summed E-state index contributed by atoms with van der Waals surface area (Å²) in [6.07, 6.45) is 1.33. The van der Waals surface area contributed by atoms with E-state index in [1.165, 1.54) is 18.7 Å². The van der Waals surface area contributed by atoms with Gasteiger partial charge in [0.1, 0.15) is 11.3 Å². The third-order valence-electron chi connectivity index (χ3n) is 5.73. The number of nitrogens with zero attached hydrogens (tertiary/aromatic N) is 4. The Morgan fingerprint density at radius 2 is 2.12 bits per heavy atom. The van der Waals surface area contributed by atoms with Crippen molar-refractivity contribution in [3.63, 3.8) is 0 Å². The molecule has 1 amide bonds. The summed E-state index contributed by atoms with van der Waals surface area (Å²) in [7, 11) is 1.30. The first kappa shape index (κ1) is 23.7. The van der Waals surface area contributed by atoms with Gasteiger partial charge in [0.25, 0.3) is 5.91 Å². The molecule has 1 atom stereocenters. The second kappa shape index (κ2) is 9.80. The number of methoxy groups -OCH3 is 1. The number of ether oxygens (including phenoxy) is 3. The van der Waals surface area contributed by atoms with E-state index in [1.54, 1.807) is 23.6 Å². The van der Waals surface area contributed by atoms with Crippen molar-refractivity contribution < 1.29 is 28.2 Å². The predicted octanol–water partition coefficient (Wildman–Crippen LogP) is 3.32. The third kappa shape index (κ3) is 4.47. The van der Waals surface area contributed by atoms with Gasteiger partial charge in [-0.05, 0) is 39.3 Å². The van der Waals surface area contributed by atoms with Crippen molar-refractivity contribution in [3.05, 3.63) is 34.9 Å². The van der Waals surface area contributed by atoms with Gasteiger partial charge >= 0.3 is 5.97 Å². The Bertz CT molecular complexity index is 1230. The van der Waals surface area contributed by atoms with E-state index >= 15 is 0 Å². The van der Waals surface area contributed by atoms with Crippen LogP contribution >= 0.6 is 0 Å². The van der Waals surface area contributed by atoms with Gasteiger partial charge in [0.2, 0.25) is 5.95 Å². The fourth-order valence-corrected chi connectivity index (χ4v) is 3.98. The summed E-state index contributed by atoms with van der Waals surface area (Å²) in [4.78, 5) is 29.9. The summed E-state index contributed by atoms with van der Waals surface area (Å²) >= 11 is 0. The summed E-state index contributed by atoms with van der Waals surface area (Å²) in [5.74, 6) is -1.22. The Hall–Kier alpha value is -3.47. The molecule has 11 heteroatoms. The highest BCUT2D eigenvalue weighted by molar-refractivity contribution is 6.04. The molecule has 1 aliphatic rings. The number of aryl methyl sites for hydroxylation is 3. The molecule has 4 rings (SSSR count). The molecule has 0 saturated heterocycles.